The summed E-state index contributed by atoms with van der Waals surface area (Å²) < 4.78 is 5.11. The number of amides is 2. The number of aromatic nitrogens is 2. The molecule has 0 aliphatic carbocycles. The number of aromatic amines is 1. The summed E-state index contributed by atoms with van der Waals surface area (Å²) in [6, 6.07) is -2.04. The number of imidazole rings is 1. The van der Waals surface area contributed by atoms with E-state index in [1.54, 1.807) is 0 Å². The molecular formula is C22H38N4O5. The van der Waals surface area contributed by atoms with E-state index in [9.17, 15) is 19.5 Å². The Morgan fingerprint density at radius 1 is 1.03 bits per heavy atom. The molecule has 0 aliphatic heterocycles. The number of aliphatic carboxylic acids is 1. The Balaban J connectivity index is 2.13. The molecule has 0 saturated heterocycles. The van der Waals surface area contributed by atoms with Crippen molar-refractivity contribution in [1.82, 2.24) is 20.6 Å². The first-order chi connectivity index (χ1) is 14.9. The van der Waals surface area contributed by atoms with Crippen LogP contribution in [0.3, 0.4) is 0 Å². The predicted octanol–water partition coefficient (Wildman–Crippen LogP) is 3.56. The number of alkyl carbamates (subject to hydrolysis) is 1. The van der Waals surface area contributed by atoms with Crippen molar-refractivity contribution in [3.8, 4) is 0 Å². The number of nitrogens with zero attached hydrogens (tertiary/aromatic N) is 1. The lowest BCUT2D eigenvalue weighted by Gasteiger charge is -2.18. The maximum atomic E-state index is 12.2. The van der Waals surface area contributed by atoms with Crippen molar-refractivity contribution >= 4 is 18.0 Å². The minimum absolute atomic E-state index is 0.0664. The largest absolute Gasteiger partial charge is 0.480 e. The number of unbranched alkanes of at least 4 members (excludes halogenated alkanes) is 9. The Morgan fingerprint density at radius 3 is 2.19 bits per heavy atom. The van der Waals surface area contributed by atoms with Gasteiger partial charge in [-0.05, 0) is 13.3 Å². The molecule has 0 bridgehead atoms. The number of rotatable bonds is 17. The number of ether oxygens (including phenoxy) is 1. The fourth-order valence-electron chi connectivity index (χ4n) is 3.15. The molecule has 1 rings (SSSR count). The summed E-state index contributed by atoms with van der Waals surface area (Å²) in [6.07, 6.45) is 14.2. The number of carbonyl (C=O) groups excluding carboxylic acids is 2. The maximum Gasteiger partial charge on any atom is 0.407 e. The van der Waals surface area contributed by atoms with Crippen molar-refractivity contribution in [3.63, 3.8) is 0 Å². The summed E-state index contributed by atoms with van der Waals surface area (Å²) in [5.74, 6) is -1.76. The van der Waals surface area contributed by atoms with Crippen molar-refractivity contribution in [2.24, 2.45) is 0 Å². The number of carboxylic acids is 1. The highest BCUT2D eigenvalue weighted by Gasteiger charge is 2.24. The van der Waals surface area contributed by atoms with Crippen molar-refractivity contribution in [2.75, 3.05) is 6.61 Å². The van der Waals surface area contributed by atoms with E-state index >= 15 is 0 Å². The van der Waals surface area contributed by atoms with E-state index in [0.29, 0.717) is 12.3 Å². The van der Waals surface area contributed by atoms with Crippen LogP contribution in [0, 0.1) is 0 Å². The van der Waals surface area contributed by atoms with Crippen LogP contribution >= 0.6 is 0 Å². The van der Waals surface area contributed by atoms with E-state index in [1.807, 2.05) is 0 Å². The van der Waals surface area contributed by atoms with Crippen LogP contribution in [0.15, 0.2) is 12.5 Å². The summed E-state index contributed by atoms with van der Waals surface area (Å²) in [6.45, 7) is 4.00. The van der Waals surface area contributed by atoms with Gasteiger partial charge in [0, 0.05) is 18.3 Å². The van der Waals surface area contributed by atoms with Crippen LogP contribution in [0.25, 0.3) is 0 Å². The number of H-pyrrole nitrogens is 1. The third-order valence-electron chi connectivity index (χ3n) is 5.05. The molecule has 0 radical (unpaired) electrons. The summed E-state index contributed by atoms with van der Waals surface area (Å²) >= 11 is 0. The third kappa shape index (κ3) is 12.7. The van der Waals surface area contributed by atoms with Crippen LogP contribution in [-0.2, 0) is 20.7 Å². The van der Waals surface area contributed by atoms with Gasteiger partial charge in [-0.3, -0.25) is 4.79 Å². The molecule has 0 aromatic carbocycles. The van der Waals surface area contributed by atoms with E-state index in [4.69, 9.17) is 4.74 Å². The highest BCUT2D eigenvalue weighted by Crippen LogP contribution is 2.10. The normalized spacial score (nSPS) is 12.7. The van der Waals surface area contributed by atoms with Crippen LogP contribution < -0.4 is 10.6 Å². The average molecular weight is 439 g/mol. The standard InChI is InChI=1S/C22H38N4O5/c1-3-4-5-6-7-8-9-10-11-12-13-31-22(30)25-17(2)20(27)26-19(21(28)29)14-18-15-23-16-24-18/h15-17,19H,3-14H2,1-2H3,(H,23,24)(H,25,30)(H,26,27)(H,28,29)/t17-,19-/m0/s1. The molecule has 1 aromatic heterocycles. The first-order valence-electron chi connectivity index (χ1n) is 11.4. The Morgan fingerprint density at radius 2 is 1.65 bits per heavy atom. The lowest BCUT2D eigenvalue weighted by Crippen LogP contribution is -2.51. The molecule has 9 heteroatoms. The van der Waals surface area contributed by atoms with Crippen LogP contribution in [0.1, 0.15) is 83.7 Å². The fourth-order valence-corrected chi connectivity index (χ4v) is 3.15. The van der Waals surface area contributed by atoms with E-state index in [2.05, 4.69) is 27.5 Å². The van der Waals surface area contributed by atoms with Crippen molar-refractivity contribution in [1.29, 1.82) is 0 Å². The van der Waals surface area contributed by atoms with Gasteiger partial charge in [-0.2, -0.15) is 0 Å². The van der Waals surface area contributed by atoms with E-state index < -0.39 is 30.1 Å². The van der Waals surface area contributed by atoms with Crippen molar-refractivity contribution < 1.29 is 24.2 Å². The van der Waals surface area contributed by atoms with Gasteiger partial charge in [0.25, 0.3) is 0 Å². The molecule has 0 fully saturated rings. The van der Waals surface area contributed by atoms with Gasteiger partial charge in [-0.15, -0.1) is 0 Å². The molecule has 9 nitrogen and oxygen atoms in total. The van der Waals surface area contributed by atoms with Gasteiger partial charge >= 0.3 is 12.1 Å². The second-order valence-electron chi connectivity index (χ2n) is 7.86. The summed E-state index contributed by atoms with van der Waals surface area (Å²) in [7, 11) is 0. The lowest BCUT2D eigenvalue weighted by atomic mass is 10.1. The molecule has 4 N–H and O–H groups in total. The maximum absolute atomic E-state index is 12.2. The zero-order valence-electron chi connectivity index (χ0n) is 18.8. The average Bonchev–Trinajstić information content (AvgIpc) is 3.24. The lowest BCUT2D eigenvalue weighted by molar-refractivity contribution is -0.142. The first kappa shape index (κ1) is 26.5. The molecule has 2 amide bonds. The van der Waals surface area contributed by atoms with E-state index in [0.717, 1.165) is 19.3 Å². The third-order valence-corrected chi connectivity index (χ3v) is 5.05. The van der Waals surface area contributed by atoms with E-state index in [-0.39, 0.29) is 6.42 Å². The minimum Gasteiger partial charge on any atom is -0.480 e. The topological polar surface area (TPSA) is 133 Å². The molecule has 0 spiro atoms. The molecule has 0 saturated carbocycles. The zero-order valence-corrected chi connectivity index (χ0v) is 18.8. The second-order valence-corrected chi connectivity index (χ2v) is 7.86. The minimum atomic E-state index is -1.17. The number of carboxylic acid groups (broad SMARTS) is 1. The number of hydrogen-bond donors (Lipinski definition) is 4. The molecule has 31 heavy (non-hydrogen) atoms. The monoisotopic (exact) mass is 438 g/mol. The smallest absolute Gasteiger partial charge is 0.407 e. The molecule has 1 heterocycles. The summed E-state index contributed by atoms with van der Waals surface area (Å²) in [5, 5.41) is 14.1. The van der Waals surface area contributed by atoms with Gasteiger partial charge < -0.3 is 25.5 Å². The zero-order chi connectivity index (χ0) is 22.9. The van der Waals surface area contributed by atoms with Gasteiger partial charge in [-0.1, -0.05) is 64.7 Å². The Bertz CT molecular complexity index is 636. The highest BCUT2D eigenvalue weighted by atomic mass is 16.5. The Kier molecular flexibility index (Phi) is 13.8. The quantitative estimate of drug-likeness (QED) is 0.275. The molecule has 0 unspecified atom stereocenters. The first-order valence-corrected chi connectivity index (χ1v) is 11.4. The van der Waals surface area contributed by atoms with Crippen LogP contribution in [0.4, 0.5) is 4.79 Å². The van der Waals surface area contributed by atoms with Crippen molar-refractivity contribution in [3.05, 3.63) is 18.2 Å². The van der Waals surface area contributed by atoms with Gasteiger partial charge in [0.15, 0.2) is 0 Å². The van der Waals surface area contributed by atoms with Crippen LogP contribution in [-0.4, -0.2) is 51.7 Å². The van der Waals surface area contributed by atoms with Gasteiger partial charge in [0.05, 0.1) is 12.9 Å². The van der Waals surface area contributed by atoms with Crippen LogP contribution in [0.2, 0.25) is 0 Å². The Labute approximate surface area is 184 Å². The Hall–Kier alpha value is -2.58. The van der Waals surface area contributed by atoms with Crippen molar-refractivity contribution in [2.45, 2.75) is 96.6 Å². The molecule has 2 atom stereocenters. The molecule has 176 valence electrons. The van der Waals surface area contributed by atoms with E-state index in [1.165, 1.54) is 64.4 Å². The van der Waals surface area contributed by atoms with Gasteiger partial charge in [0.1, 0.15) is 12.1 Å². The fraction of sp³-hybridized carbons (Fsp3) is 0.727. The molecule has 1 aromatic rings. The van der Waals surface area contributed by atoms with Crippen LogP contribution in [0.5, 0.6) is 0 Å². The summed E-state index contributed by atoms with van der Waals surface area (Å²) in [5.41, 5.74) is 0.587. The second kappa shape index (κ2) is 16.2. The number of nitrogens with one attached hydrogen (secondary N) is 3. The number of carbonyl (C=O) groups is 3. The highest BCUT2D eigenvalue weighted by molar-refractivity contribution is 5.89. The number of hydrogen-bond acceptors (Lipinski definition) is 5. The predicted molar refractivity (Wildman–Crippen MR) is 118 cm³/mol. The van der Waals surface area contributed by atoms with Gasteiger partial charge in [0.2, 0.25) is 5.91 Å². The molecular weight excluding hydrogens is 400 g/mol. The van der Waals surface area contributed by atoms with Gasteiger partial charge in [-0.25, -0.2) is 14.6 Å². The molecule has 0 aliphatic rings. The summed E-state index contributed by atoms with van der Waals surface area (Å²) in [4.78, 5) is 42.1. The SMILES string of the molecule is CCCCCCCCCCCCOC(=O)N[C@@H](C)C(=O)N[C@@H](Cc1cnc[nH]1)C(=O)O.